The van der Waals surface area contributed by atoms with Gasteiger partial charge < -0.3 is 9.84 Å². The number of aliphatic carboxylic acids is 1. The van der Waals surface area contributed by atoms with Crippen LogP contribution in [0.3, 0.4) is 0 Å². The number of carboxylic acids is 1. The number of hydrogen-bond donors (Lipinski definition) is 1. The maximum absolute atomic E-state index is 10.6. The maximum atomic E-state index is 10.6. The van der Waals surface area contributed by atoms with Crippen LogP contribution in [0.15, 0.2) is 23.0 Å². The summed E-state index contributed by atoms with van der Waals surface area (Å²) in [6.45, 7) is 6.65. The van der Waals surface area contributed by atoms with Gasteiger partial charge in [-0.2, -0.15) is 29.6 Å². The predicted molar refractivity (Wildman–Crippen MR) is 94.6 cm³/mol. The van der Waals surface area contributed by atoms with Crippen molar-refractivity contribution in [1.82, 2.24) is 14.7 Å². The lowest BCUT2D eigenvalue weighted by Gasteiger charge is -2.32. The second kappa shape index (κ2) is 9.34. The third-order valence-electron chi connectivity index (χ3n) is 4.08. The molecule has 1 unspecified atom stereocenters. The summed E-state index contributed by atoms with van der Waals surface area (Å²) in [5, 5.41) is 15.9. The average molecular weight is 405 g/mol. The lowest BCUT2D eigenvalue weighted by Crippen LogP contribution is -2.35. The lowest BCUT2D eigenvalue weighted by atomic mass is 9.96. The molecule has 0 saturated carbocycles. The van der Waals surface area contributed by atoms with Crippen LogP contribution in [0, 0.1) is 0 Å². The first-order valence-electron chi connectivity index (χ1n) is 8.34. The van der Waals surface area contributed by atoms with Gasteiger partial charge >= 0.3 is 12.1 Å². The second-order valence-electron chi connectivity index (χ2n) is 6.14. The number of hydrogen-bond acceptors (Lipinski definition) is 5. The van der Waals surface area contributed by atoms with Crippen molar-refractivity contribution in [3.05, 3.63) is 39.8 Å². The third kappa shape index (κ3) is 6.05. The molecule has 3 heterocycles. The van der Waals surface area contributed by atoms with Crippen molar-refractivity contribution in [2.45, 2.75) is 32.1 Å². The van der Waals surface area contributed by atoms with E-state index in [4.69, 9.17) is 14.6 Å². The van der Waals surface area contributed by atoms with Crippen molar-refractivity contribution in [1.29, 1.82) is 0 Å². The fourth-order valence-electron chi connectivity index (χ4n) is 3.00. The second-order valence-corrected chi connectivity index (χ2v) is 6.92. The van der Waals surface area contributed by atoms with Crippen LogP contribution in [-0.4, -0.2) is 51.7 Å². The zero-order valence-electron chi connectivity index (χ0n) is 15.1. The minimum absolute atomic E-state index is 0.421. The molecular formula is C17H22F3N3O3S. The van der Waals surface area contributed by atoms with Crippen LogP contribution in [0.4, 0.5) is 13.2 Å². The third-order valence-corrected chi connectivity index (χ3v) is 4.81. The van der Waals surface area contributed by atoms with Crippen LogP contribution in [0.1, 0.15) is 29.7 Å². The highest BCUT2D eigenvalue weighted by atomic mass is 32.1. The van der Waals surface area contributed by atoms with Gasteiger partial charge in [-0.1, -0.05) is 0 Å². The van der Waals surface area contributed by atoms with E-state index in [0.717, 1.165) is 32.8 Å². The van der Waals surface area contributed by atoms with Gasteiger partial charge in [0.25, 0.3) is 0 Å². The summed E-state index contributed by atoms with van der Waals surface area (Å²) in [5.74, 6) is -2.34. The summed E-state index contributed by atoms with van der Waals surface area (Å²) >= 11 is 1.76. The monoisotopic (exact) mass is 405 g/mol. The molecular weight excluding hydrogens is 383 g/mol. The van der Waals surface area contributed by atoms with Gasteiger partial charge in [0.2, 0.25) is 0 Å². The smallest absolute Gasteiger partial charge is 0.475 e. The number of aromatic nitrogens is 2. The van der Waals surface area contributed by atoms with E-state index in [9.17, 15) is 13.2 Å². The molecule has 2 aromatic heterocycles. The van der Waals surface area contributed by atoms with E-state index >= 15 is 0 Å². The standard InChI is InChI=1S/C15H21N3OS.C2HF3O2/c1-3-19-10-14-9-18(7-12-4-5-20-11-12)8-13-6-16-17(2)15(13)14;3-2(4,5)1(6)7/h4-6,11,14H,3,7-10H2,1-2H3;(H,6,7). The lowest BCUT2D eigenvalue weighted by molar-refractivity contribution is -0.192. The Morgan fingerprint density at radius 1 is 1.48 bits per heavy atom. The number of rotatable bonds is 5. The summed E-state index contributed by atoms with van der Waals surface area (Å²) in [6, 6.07) is 2.21. The Labute approximate surface area is 159 Å². The zero-order chi connectivity index (χ0) is 20.0. The zero-order valence-corrected chi connectivity index (χ0v) is 15.9. The highest BCUT2D eigenvalue weighted by Gasteiger charge is 2.38. The van der Waals surface area contributed by atoms with Gasteiger partial charge in [-0.25, -0.2) is 4.79 Å². The number of carbonyl (C=O) groups is 1. The quantitative estimate of drug-likeness (QED) is 0.827. The van der Waals surface area contributed by atoms with Gasteiger partial charge in [0, 0.05) is 50.5 Å². The van der Waals surface area contributed by atoms with Gasteiger partial charge in [-0.15, -0.1) is 0 Å². The Hall–Kier alpha value is -1.91. The highest BCUT2D eigenvalue weighted by molar-refractivity contribution is 7.07. The molecule has 3 rings (SSSR count). The number of thiophene rings is 1. The Balaban J connectivity index is 0.000000321. The number of aryl methyl sites for hydroxylation is 1. The first-order chi connectivity index (χ1) is 12.7. The first-order valence-corrected chi connectivity index (χ1v) is 9.28. The Morgan fingerprint density at radius 3 is 2.74 bits per heavy atom. The fourth-order valence-corrected chi connectivity index (χ4v) is 3.66. The van der Waals surface area contributed by atoms with Gasteiger partial charge in [-0.3, -0.25) is 9.58 Å². The number of nitrogens with zero attached hydrogens (tertiary/aromatic N) is 3. The van der Waals surface area contributed by atoms with Crippen LogP contribution < -0.4 is 0 Å². The minimum Gasteiger partial charge on any atom is -0.475 e. The SMILES string of the molecule is CCOCC1CN(Cc2ccsc2)Cc2cnn(C)c21.O=C(O)C(F)(F)F. The van der Waals surface area contributed by atoms with Crippen LogP contribution >= 0.6 is 11.3 Å². The van der Waals surface area contributed by atoms with E-state index in [0.29, 0.717) is 5.92 Å². The molecule has 0 amide bonds. The van der Waals surface area contributed by atoms with Crippen LogP contribution in [0.2, 0.25) is 0 Å². The summed E-state index contributed by atoms with van der Waals surface area (Å²) in [4.78, 5) is 11.4. The average Bonchev–Trinajstić information content (AvgIpc) is 3.22. The van der Waals surface area contributed by atoms with Crippen molar-refractivity contribution >= 4 is 17.3 Å². The van der Waals surface area contributed by atoms with E-state index < -0.39 is 12.1 Å². The van der Waals surface area contributed by atoms with Gasteiger partial charge in [0.1, 0.15) is 0 Å². The molecule has 0 radical (unpaired) electrons. The maximum Gasteiger partial charge on any atom is 0.490 e. The Kier molecular flexibility index (Phi) is 7.40. The van der Waals surface area contributed by atoms with E-state index in [2.05, 4.69) is 33.7 Å². The molecule has 27 heavy (non-hydrogen) atoms. The largest absolute Gasteiger partial charge is 0.490 e. The normalized spacial score (nSPS) is 17.1. The molecule has 0 saturated heterocycles. The number of carboxylic acid groups (broad SMARTS) is 1. The van der Waals surface area contributed by atoms with E-state index in [-0.39, 0.29) is 0 Å². The van der Waals surface area contributed by atoms with Crippen LogP contribution in [0.25, 0.3) is 0 Å². The van der Waals surface area contributed by atoms with Crippen molar-refractivity contribution in [3.63, 3.8) is 0 Å². The van der Waals surface area contributed by atoms with Gasteiger partial charge in [0.15, 0.2) is 0 Å². The number of fused-ring (bicyclic) bond motifs is 1. The molecule has 10 heteroatoms. The number of halogens is 3. The molecule has 1 N–H and O–H groups in total. The van der Waals surface area contributed by atoms with Crippen molar-refractivity contribution in [2.75, 3.05) is 19.8 Å². The Bertz CT molecular complexity index is 732. The Morgan fingerprint density at radius 2 is 2.19 bits per heavy atom. The fraction of sp³-hybridized carbons (Fsp3) is 0.529. The predicted octanol–water partition coefficient (Wildman–Crippen LogP) is 3.25. The van der Waals surface area contributed by atoms with Crippen molar-refractivity contribution in [3.8, 4) is 0 Å². The van der Waals surface area contributed by atoms with E-state index in [1.165, 1.54) is 16.8 Å². The molecule has 1 aliphatic heterocycles. The molecule has 0 aliphatic carbocycles. The van der Waals surface area contributed by atoms with Gasteiger partial charge in [0.05, 0.1) is 12.8 Å². The molecule has 0 spiro atoms. The molecule has 6 nitrogen and oxygen atoms in total. The molecule has 150 valence electrons. The molecule has 2 aromatic rings. The first kappa shape index (κ1) is 21.4. The highest BCUT2D eigenvalue weighted by Crippen LogP contribution is 2.29. The topological polar surface area (TPSA) is 67.6 Å². The molecule has 1 aliphatic rings. The summed E-state index contributed by atoms with van der Waals surface area (Å²) in [5.41, 5.74) is 4.09. The number of alkyl halides is 3. The summed E-state index contributed by atoms with van der Waals surface area (Å²) in [6.07, 6.45) is -3.08. The molecule has 0 bridgehead atoms. The van der Waals surface area contributed by atoms with Gasteiger partial charge in [-0.05, 0) is 29.3 Å². The van der Waals surface area contributed by atoms with E-state index in [1.807, 2.05) is 17.9 Å². The summed E-state index contributed by atoms with van der Waals surface area (Å²) < 4.78 is 39.4. The molecule has 1 atom stereocenters. The van der Waals surface area contributed by atoms with E-state index in [1.54, 1.807) is 11.3 Å². The van der Waals surface area contributed by atoms with Crippen LogP contribution in [0.5, 0.6) is 0 Å². The molecule has 0 aromatic carbocycles. The number of ether oxygens (including phenoxy) is 1. The summed E-state index contributed by atoms with van der Waals surface area (Å²) in [7, 11) is 2.03. The minimum atomic E-state index is -5.08. The molecule has 0 fully saturated rings. The van der Waals surface area contributed by atoms with Crippen molar-refractivity contribution < 1.29 is 27.8 Å². The van der Waals surface area contributed by atoms with Crippen molar-refractivity contribution in [2.24, 2.45) is 7.05 Å². The van der Waals surface area contributed by atoms with Crippen LogP contribution in [-0.2, 0) is 29.7 Å².